The van der Waals surface area contributed by atoms with E-state index < -0.39 is 23.2 Å². The molecule has 1 aromatic heterocycles. The highest BCUT2D eigenvalue weighted by atomic mass is 35.5. The van der Waals surface area contributed by atoms with Crippen molar-refractivity contribution in [2.45, 2.75) is 31.1 Å². The zero-order valence-electron chi connectivity index (χ0n) is 22.1. The highest BCUT2D eigenvalue weighted by molar-refractivity contribution is 6.30. The van der Waals surface area contributed by atoms with Crippen LogP contribution in [-0.2, 0) is 18.3 Å². The second-order valence-corrected chi connectivity index (χ2v) is 11.0. The molecule has 2 N–H and O–H groups in total. The number of amides is 1. The fourth-order valence-corrected chi connectivity index (χ4v) is 5.54. The van der Waals surface area contributed by atoms with Crippen LogP contribution in [0.5, 0.6) is 0 Å². The van der Waals surface area contributed by atoms with Crippen molar-refractivity contribution in [3.63, 3.8) is 0 Å². The van der Waals surface area contributed by atoms with Crippen LogP contribution in [0.25, 0.3) is 22.0 Å². The molecule has 212 valence electrons. The van der Waals surface area contributed by atoms with Crippen LogP contribution >= 0.6 is 11.6 Å². The third-order valence-corrected chi connectivity index (χ3v) is 7.92. The molecular weight excluding hydrogens is 565 g/mol. The van der Waals surface area contributed by atoms with Crippen molar-refractivity contribution in [2.24, 2.45) is 0 Å². The lowest BCUT2D eigenvalue weighted by atomic mass is 9.97. The fraction of sp³-hybridized carbons (Fsp3) is 0.152. The Balaban J connectivity index is 1.41. The number of fused-ring (bicyclic) bond motifs is 1. The van der Waals surface area contributed by atoms with E-state index in [4.69, 9.17) is 11.6 Å². The Labute approximate surface area is 244 Å². The second-order valence-electron chi connectivity index (χ2n) is 10.5. The van der Waals surface area contributed by atoms with Gasteiger partial charge >= 0.3 is 12.1 Å². The van der Waals surface area contributed by atoms with E-state index in [1.807, 2.05) is 41.1 Å². The van der Waals surface area contributed by atoms with Crippen molar-refractivity contribution in [1.29, 1.82) is 0 Å². The molecule has 9 heteroatoms. The van der Waals surface area contributed by atoms with Crippen LogP contribution in [0, 0.1) is 0 Å². The lowest BCUT2D eigenvalue weighted by Gasteiger charge is -2.20. The molecule has 0 spiro atoms. The molecule has 5 aromatic rings. The Hall–Kier alpha value is -4.56. The summed E-state index contributed by atoms with van der Waals surface area (Å²) in [6.45, 7) is 0.450. The number of aromatic nitrogens is 1. The molecule has 42 heavy (non-hydrogen) atoms. The van der Waals surface area contributed by atoms with Gasteiger partial charge in [-0.15, -0.1) is 0 Å². The molecule has 0 unspecified atom stereocenters. The summed E-state index contributed by atoms with van der Waals surface area (Å²) in [5, 5.41) is 13.8. The summed E-state index contributed by atoms with van der Waals surface area (Å²) < 4.78 is 41.5. The van der Waals surface area contributed by atoms with Gasteiger partial charge in [0.05, 0.1) is 27.7 Å². The fourth-order valence-electron chi connectivity index (χ4n) is 5.33. The molecule has 1 heterocycles. The van der Waals surface area contributed by atoms with E-state index in [2.05, 4.69) is 5.32 Å². The number of carbonyl (C=O) groups is 2. The van der Waals surface area contributed by atoms with E-state index in [-0.39, 0.29) is 11.5 Å². The van der Waals surface area contributed by atoms with E-state index in [0.29, 0.717) is 46.6 Å². The number of rotatable bonds is 7. The topological polar surface area (TPSA) is 71.3 Å². The van der Waals surface area contributed by atoms with Gasteiger partial charge in [-0.3, -0.25) is 4.79 Å². The van der Waals surface area contributed by atoms with E-state index in [9.17, 15) is 27.9 Å². The van der Waals surface area contributed by atoms with Crippen molar-refractivity contribution in [3.8, 4) is 11.1 Å². The minimum atomic E-state index is -4.45. The van der Waals surface area contributed by atoms with Gasteiger partial charge in [-0.2, -0.15) is 13.2 Å². The van der Waals surface area contributed by atoms with Gasteiger partial charge in [0.25, 0.3) is 5.91 Å². The maximum absolute atomic E-state index is 14.0. The van der Waals surface area contributed by atoms with Gasteiger partial charge in [-0.25, -0.2) is 4.79 Å². The summed E-state index contributed by atoms with van der Waals surface area (Å²) >= 11 is 6.20. The van der Waals surface area contributed by atoms with E-state index in [0.717, 1.165) is 28.6 Å². The zero-order valence-corrected chi connectivity index (χ0v) is 22.8. The molecular formula is C33H24ClF3N2O3. The number of carbonyl (C=O) groups excluding carboxylic acids is 1. The molecule has 0 saturated heterocycles. The Morgan fingerprint density at radius 1 is 0.905 bits per heavy atom. The van der Waals surface area contributed by atoms with Gasteiger partial charge in [-0.05, 0) is 89.7 Å². The monoisotopic (exact) mass is 588 g/mol. The number of carboxylic acid groups (broad SMARTS) is 1. The SMILES string of the molecule is O=C(O)c1ccc(C2(NC(=O)c3cc(-c4ccc(C(F)(F)F)cc4)cc4ccn(Cc5cccc(Cl)c5)c34)CC2)cc1. The molecule has 1 aliphatic rings. The smallest absolute Gasteiger partial charge is 0.416 e. The molecule has 1 amide bonds. The average Bonchev–Trinajstić information content (AvgIpc) is 3.64. The third kappa shape index (κ3) is 5.37. The summed E-state index contributed by atoms with van der Waals surface area (Å²) in [6.07, 6.45) is -1.20. The molecule has 5 nitrogen and oxygen atoms in total. The molecule has 0 bridgehead atoms. The quantitative estimate of drug-likeness (QED) is 0.202. The van der Waals surface area contributed by atoms with Crippen LogP contribution in [0.4, 0.5) is 13.2 Å². The lowest BCUT2D eigenvalue weighted by molar-refractivity contribution is -0.137. The normalized spacial score (nSPS) is 14.1. The number of benzene rings is 4. The summed E-state index contributed by atoms with van der Waals surface area (Å²) in [4.78, 5) is 25.3. The van der Waals surface area contributed by atoms with Gasteiger partial charge in [0.15, 0.2) is 0 Å². The molecule has 6 rings (SSSR count). The van der Waals surface area contributed by atoms with Crippen molar-refractivity contribution < 1.29 is 27.9 Å². The highest BCUT2D eigenvalue weighted by Gasteiger charge is 2.46. The number of aromatic carboxylic acids is 1. The van der Waals surface area contributed by atoms with Crippen molar-refractivity contribution in [3.05, 3.63) is 130 Å². The summed E-state index contributed by atoms with van der Waals surface area (Å²) in [7, 11) is 0. The molecule has 0 aliphatic heterocycles. The predicted molar refractivity (Wildman–Crippen MR) is 155 cm³/mol. The average molecular weight is 589 g/mol. The van der Waals surface area contributed by atoms with Crippen LogP contribution in [-0.4, -0.2) is 21.6 Å². The zero-order chi connectivity index (χ0) is 29.6. The molecule has 1 saturated carbocycles. The third-order valence-electron chi connectivity index (χ3n) is 7.68. The summed E-state index contributed by atoms with van der Waals surface area (Å²) in [6, 6.07) is 24.2. The minimum absolute atomic E-state index is 0.158. The van der Waals surface area contributed by atoms with Gasteiger partial charge in [-0.1, -0.05) is 48.0 Å². The van der Waals surface area contributed by atoms with Gasteiger partial charge < -0.3 is 15.0 Å². The minimum Gasteiger partial charge on any atom is -0.478 e. The highest BCUT2D eigenvalue weighted by Crippen LogP contribution is 2.46. The van der Waals surface area contributed by atoms with Crippen molar-refractivity contribution in [2.75, 3.05) is 0 Å². The van der Waals surface area contributed by atoms with E-state index in [1.54, 1.807) is 24.3 Å². The van der Waals surface area contributed by atoms with Crippen LogP contribution < -0.4 is 5.32 Å². The predicted octanol–water partition coefficient (Wildman–Crippen LogP) is 8.15. The number of halogens is 4. The molecule has 4 aromatic carbocycles. The first-order chi connectivity index (χ1) is 20.0. The van der Waals surface area contributed by atoms with Crippen LogP contribution in [0.3, 0.4) is 0 Å². The van der Waals surface area contributed by atoms with Gasteiger partial charge in [0.1, 0.15) is 0 Å². The Morgan fingerprint density at radius 3 is 2.24 bits per heavy atom. The number of hydrogen-bond acceptors (Lipinski definition) is 2. The standard InChI is InChI=1S/C33H24ClF3N2O3/c34-27-3-1-2-20(16-27)19-39-15-12-23-17-24(21-4-10-26(11-5-21)33(35,36)37)18-28(29(23)39)30(40)38-32(13-14-32)25-8-6-22(7-9-25)31(41)42/h1-12,15-18H,13-14,19H2,(H,38,40)(H,41,42). The second kappa shape index (κ2) is 10.4. The molecule has 1 fully saturated rings. The molecule has 0 radical (unpaired) electrons. The lowest BCUT2D eigenvalue weighted by Crippen LogP contribution is -2.35. The Bertz CT molecular complexity index is 1820. The number of carboxylic acids is 1. The van der Waals surface area contributed by atoms with Gasteiger partial charge in [0.2, 0.25) is 0 Å². The number of alkyl halides is 3. The largest absolute Gasteiger partial charge is 0.478 e. The first-order valence-electron chi connectivity index (χ1n) is 13.2. The Morgan fingerprint density at radius 2 is 1.62 bits per heavy atom. The maximum atomic E-state index is 14.0. The number of nitrogens with zero attached hydrogens (tertiary/aromatic N) is 1. The van der Waals surface area contributed by atoms with Crippen molar-refractivity contribution >= 4 is 34.4 Å². The summed E-state index contributed by atoms with van der Waals surface area (Å²) in [5.41, 5.74) is 2.75. The van der Waals surface area contributed by atoms with E-state index in [1.165, 1.54) is 24.3 Å². The molecule has 0 atom stereocenters. The molecule has 1 aliphatic carbocycles. The van der Waals surface area contributed by atoms with Crippen LogP contribution in [0.15, 0.2) is 97.2 Å². The van der Waals surface area contributed by atoms with Crippen molar-refractivity contribution in [1.82, 2.24) is 9.88 Å². The Kier molecular flexibility index (Phi) is 6.81. The van der Waals surface area contributed by atoms with E-state index >= 15 is 0 Å². The van der Waals surface area contributed by atoms with Crippen LogP contribution in [0.2, 0.25) is 5.02 Å². The van der Waals surface area contributed by atoms with Crippen LogP contribution in [0.1, 0.15) is 50.2 Å². The number of hydrogen-bond donors (Lipinski definition) is 2. The number of nitrogens with one attached hydrogen (secondary N) is 1. The maximum Gasteiger partial charge on any atom is 0.416 e. The van der Waals surface area contributed by atoms with Gasteiger partial charge in [0, 0.05) is 23.2 Å². The summed E-state index contributed by atoms with van der Waals surface area (Å²) in [5.74, 6) is -1.36. The first-order valence-corrected chi connectivity index (χ1v) is 13.6. The first kappa shape index (κ1) is 27.6.